The molecule has 132 valence electrons. The van der Waals surface area contributed by atoms with E-state index in [1.54, 1.807) is 0 Å². The van der Waals surface area contributed by atoms with Gasteiger partial charge in [0.25, 0.3) is 5.79 Å². The molecule has 6 atom stereocenters. The van der Waals surface area contributed by atoms with Gasteiger partial charge in [-0.2, -0.15) is 0 Å². The van der Waals surface area contributed by atoms with Gasteiger partial charge in [0.1, 0.15) is 18.0 Å². The summed E-state index contributed by atoms with van der Waals surface area (Å²) in [5.74, 6) is -5.64. The highest BCUT2D eigenvalue weighted by Crippen LogP contribution is 2.30. The molecule has 0 aromatic heterocycles. The molecule has 6 N–H and O–H groups in total. The molecule has 1 fully saturated rings. The van der Waals surface area contributed by atoms with Gasteiger partial charge in [0, 0.05) is 19.8 Å². The van der Waals surface area contributed by atoms with Crippen LogP contribution < -0.4 is 5.32 Å². The number of aliphatic carboxylic acids is 1. The van der Waals surface area contributed by atoms with Crippen LogP contribution in [0.3, 0.4) is 0 Å². The average Bonchev–Trinajstić information content (AvgIpc) is 2.39. The van der Waals surface area contributed by atoms with Crippen molar-refractivity contribution in [2.24, 2.45) is 0 Å². The van der Waals surface area contributed by atoms with Gasteiger partial charge in [0.2, 0.25) is 5.91 Å². The van der Waals surface area contributed by atoms with E-state index in [0.717, 1.165) is 6.92 Å². The van der Waals surface area contributed by atoms with Gasteiger partial charge in [-0.3, -0.25) is 9.59 Å². The van der Waals surface area contributed by atoms with Crippen molar-refractivity contribution in [2.45, 2.75) is 62.9 Å². The Morgan fingerprint density at radius 3 is 2.30 bits per heavy atom. The number of carboxylic acid groups (broad SMARTS) is 1. The summed E-state index contributed by atoms with van der Waals surface area (Å²) in [6.07, 6.45) is -7.85. The molecule has 0 radical (unpaired) electrons. The number of carbonyl (C=O) groups is 3. The first-order valence-corrected chi connectivity index (χ1v) is 6.92. The number of carboxylic acids is 1. The minimum atomic E-state index is -2.80. The van der Waals surface area contributed by atoms with E-state index >= 15 is 0 Å². The number of hydrogen-bond acceptors (Lipinski definition) is 8. The Morgan fingerprint density at radius 2 is 1.87 bits per heavy atom. The minimum Gasteiger partial charge on any atom is -0.477 e. The maximum atomic E-state index is 11.2. The summed E-state index contributed by atoms with van der Waals surface area (Å²) in [6.45, 7) is 2.30. The standard InChI is InChI=1S/C13H21NO9/c1-5(15)3-7(17)10(19)11-9(14-6(2)16)8(18)4-13(22,23-11)12(20)21/h7-11,17-19,22H,3-4H2,1-2H3,(H,14,16)(H,20,21)/t7-,8+,9-,10-,11-,13-/m1/s1. The van der Waals surface area contributed by atoms with Gasteiger partial charge in [-0.05, 0) is 6.92 Å². The molecule has 0 aromatic carbocycles. The molecule has 0 aromatic rings. The molecule has 1 saturated heterocycles. The van der Waals surface area contributed by atoms with Gasteiger partial charge >= 0.3 is 5.97 Å². The number of carbonyl (C=O) groups excluding carboxylic acids is 2. The van der Waals surface area contributed by atoms with E-state index in [0.29, 0.717) is 0 Å². The number of ketones is 1. The van der Waals surface area contributed by atoms with Crippen LogP contribution in [0.15, 0.2) is 0 Å². The van der Waals surface area contributed by atoms with Gasteiger partial charge in [0.15, 0.2) is 0 Å². The fourth-order valence-electron chi connectivity index (χ4n) is 2.44. The van der Waals surface area contributed by atoms with E-state index in [1.165, 1.54) is 6.92 Å². The van der Waals surface area contributed by atoms with Gasteiger partial charge < -0.3 is 35.6 Å². The summed E-state index contributed by atoms with van der Waals surface area (Å²) in [7, 11) is 0. The van der Waals surface area contributed by atoms with Crippen molar-refractivity contribution in [3.8, 4) is 0 Å². The van der Waals surface area contributed by atoms with Crippen molar-refractivity contribution in [2.75, 3.05) is 0 Å². The smallest absolute Gasteiger partial charge is 0.364 e. The number of aliphatic hydroxyl groups excluding tert-OH is 3. The average molecular weight is 335 g/mol. The third-order valence-electron chi connectivity index (χ3n) is 3.52. The zero-order valence-corrected chi connectivity index (χ0v) is 12.7. The molecule has 1 amide bonds. The van der Waals surface area contributed by atoms with Crippen LogP contribution in [0.4, 0.5) is 0 Å². The highest BCUT2D eigenvalue weighted by molar-refractivity contribution is 5.77. The van der Waals surface area contributed by atoms with Crippen LogP contribution in [0, 0.1) is 0 Å². The summed E-state index contributed by atoms with van der Waals surface area (Å²) in [5.41, 5.74) is 0. The molecule has 0 bridgehead atoms. The van der Waals surface area contributed by atoms with E-state index in [4.69, 9.17) is 9.84 Å². The van der Waals surface area contributed by atoms with Gasteiger partial charge in [-0.15, -0.1) is 0 Å². The predicted molar refractivity (Wildman–Crippen MR) is 73.0 cm³/mol. The van der Waals surface area contributed by atoms with Crippen LogP contribution in [0.2, 0.25) is 0 Å². The van der Waals surface area contributed by atoms with Crippen molar-refractivity contribution < 1.29 is 44.7 Å². The summed E-state index contributed by atoms with van der Waals surface area (Å²) in [6, 6.07) is -1.27. The Morgan fingerprint density at radius 1 is 1.30 bits per heavy atom. The van der Waals surface area contributed by atoms with Crippen molar-refractivity contribution in [1.82, 2.24) is 5.32 Å². The highest BCUT2D eigenvalue weighted by Gasteiger charge is 2.53. The molecule has 0 spiro atoms. The van der Waals surface area contributed by atoms with Gasteiger partial charge in [-0.1, -0.05) is 0 Å². The number of Topliss-reactive ketones (excluding diaryl/α,β-unsaturated/α-hetero) is 1. The fraction of sp³-hybridized carbons (Fsp3) is 0.769. The fourth-order valence-corrected chi connectivity index (χ4v) is 2.44. The Kier molecular flexibility index (Phi) is 6.19. The number of ether oxygens (including phenoxy) is 1. The highest BCUT2D eigenvalue weighted by atomic mass is 16.7. The first-order chi connectivity index (χ1) is 10.5. The Hall–Kier alpha value is -1.59. The first-order valence-electron chi connectivity index (χ1n) is 6.92. The van der Waals surface area contributed by atoms with Crippen LogP contribution in [0.25, 0.3) is 0 Å². The molecule has 1 rings (SSSR count). The number of amides is 1. The third kappa shape index (κ3) is 4.69. The lowest BCUT2D eigenvalue weighted by Crippen LogP contribution is -2.67. The second-order valence-electron chi connectivity index (χ2n) is 5.63. The van der Waals surface area contributed by atoms with Gasteiger partial charge in [-0.25, -0.2) is 4.79 Å². The molecule has 1 aliphatic heterocycles. The number of hydrogen-bond donors (Lipinski definition) is 6. The summed E-state index contributed by atoms with van der Waals surface area (Å²) in [5, 5.41) is 51.1. The predicted octanol–water partition coefficient (Wildman–Crippen LogP) is -2.88. The maximum Gasteiger partial charge on any atom is 0.364 e. The molecule has 1 heterocycles. The lowest BCUT2D eigenvalue weighted by molar-refractivity contribution is -0.294. The van der Waals surface area contributed by atoms with Crippen LogP contribution in [-0.4, -0.2) is 79.4 Å². The second kappa shape index (κ2) is 7.32. The summed E-state index contributed by atoms with van der Waals surface area (Å²) >= 11 is 0. The van der Waals surface area contributed by atoms with Crippen molar-refractivity contribution in [1.29, 1.82) is 0 Å². The zero-order valence-electron chi connectivity index (χ0n) is 12.7. The van der Waals surface area contributed by atoms with Crippen molar-refractivity contribution in [3.63, 3.8) is 0 Å². The van der Waals surface area contributed by atoms with E-state index in [-0.39, 0.29) is 0 Å². The number of rotatable bonds is 6. The zero-order chi connectivity index (χ0) is 17.9. The molecule has 0 aliphatic carbocycles. The topological polar surface area (TPSA) is 174 Å². The third-order valence-corrected chi connectivity index (χ3v) is 3.52. The minimum absolute atomic E-state index is 0.447. The summed E-state index contributed by atoms with van der Waals surface area (Å²) in [4.78, 5) is 33.3. The van der Waals surface area contributed by atoms with Gasteiger partial charge in [0.05, 0.1) is 18.2 Å². The van der Waals surface area contributed by atoms with Crippen molar-refractivity contribution in [3.05, 3.63) is 0 Å². The molecular weight excluding hydrogens is 314 g/mol. The molecule has 0 saturated carbocycles. The molecule has 10 heteroatoms. The summed E-state index contributed by atoms with van der Waals surface area (Å²) < 4.78 is 4.94. The number of aliphatic hydroxyl groups is 4. The Balaban J connectivity index is 3.08. The van der Waals surface area contributed by atoms with E-state index in [2.05, 4.69) is 5.32 Å². The molecular formula is C13H21NO9. The van der Waals surface area contributed by atoms with Crippen LogP contribution in [0.5, 0.6) is 0 Å². The van der Waals surface area contributed by atoms with Crippen LogP contribution >= 0.6 is 0 Å². The van der Waals surface area contributed by atoms with E-state index in [9.17, 15) is 34.8 Å². The molecule has 0 unspecified atom stereocenters. The lowest BCUT2D eigenvalue weighted by atomic mass is 9.87. The SMILES string of the molecule is CC(=O)C[C@@H](O)[C@@H](O)[C@@H]1O[C@@](O)(C(=O)O)C[C@H](O)[C@H]1NC(C)=O. The van der Waals surface area contributed by atoms with Crippen LogP contribution in [0.1, 0.15) is 26.7 Å². The molecule has 1 aliphatic rings. The Bertz CT molecular complexity index is 482. The normalized spacial score (nSPS) is 33.6. The maximum absolute atomic E-state index is 11.2. The molecule has 23 heavy (non-hydrogen) atoms. The monoisotopic (exact) mass is 335 g/mol. The lowest BCUT2D eigenvalue weighted by Gasteiger charge is -2.44. The van der Waals surface area contributed by atoms with E-state index < -0.39 is 66.7 Å². The largest absolute Gasteiger partial charge is 0.477 e. The Labute approximate surface area is 131 Å². The first kappa shape index (κ1) is 19.5. The van der Waals surface area contributed by atoms with Crippen LogP contribution in [-0.2, 0) is 19.1 Å². The number of nitrogens with one attached hydrogen (secondary N) is 1. The quantitative estimate of drug-likeness (QED) is 0.298. The second-order valence-corrected chi connectivity index (χ2v) is 5.63. The molecule has 10 nitrogen and oxygen atoms in total. The van der Waals surface area contributed by atoms with E-state index in [1.807, 2.05) is 0 Å². The van der Waals surface area contributed by atoms with Crippen molar-refractivity contribution >= 4 is 17.7 Å².